The van der Waals surface area contributed by atoms with Gasteiger partial charge in [0.2, 0.25) is 0 Å². The van der Waals surface area contributed by atoms with Crippen molar-refractivity contribution in [1.82, 2.24) is 0 Å². The summed E-state index contributed by atoms with van der Waals surface area (Å²) in [5, 5.41) is 3.23. The van der Waals surface area contributed by atoms with Crippen LogP contribution in [0.5, 0.6) is 0 Å². The average molecular weight is 228 g/mol. The van der Waals surface area contributed by atoms with Crippen molar-refractivity contribution in [2.24, 2.45) is 0 Å². The molecule has 1 amide bonds. The Bertz CT molecular complexity index is 352. The molecule has 0 aliphatic carbocycles. The second-order valence-electron chi connectivity index (χ2n) is 3.22. The van der Waals surface area contributed by atoms with Crippen molar-refractivity contribution in [1.29, 1.82) is 0 Å². The third-order valence-corrected chi connectivity index (χ3v) is 2.11. The highest BCUT2D eigenvalue weighted by atomic mass is 35.5. The molecule has 0 spiro atoms. The van der Waals surface area contributed by atoms with E-state index in [0.29, 0.717) is 17.3 Å². The summed E-state index contributed by atoms with van der Waals surface area (Å²) in [6.45, 7) is 4.26. The van der Waals surface area contributed by atoms with Crippen LogP contribution in [-0.4, -0.2) is 12.7 Å². The van der Waals surface area contributed by atoms with E-state index in [0.717, 1.165) is 12.0 Å². The van der Waals surface area contributed by atoms with E-state index < -0.39 is 6.09 Å². The fraction of sp³-hybridized carbons (Fsp3) is 0.364. The van der Waals surface area contributed by atoms with E-state index in [4.69, 9.17) is 16.3 Å². The first-order chi connectivity index (χ1) is 7.13. The Balaban J connectivity index is 2.63. The van der Waals surface area contributed by atoms with Gasteiger partial charge in [0.25, 0.3) is 0 Å². The number of carbonyl (C=O) groups excluding carboxylic acids is 1. The van der Waals surface area contributed by atoms with Crippen LogP contribution in [0.2, 0.25) is 5.02 Å². The van der Waals surface area contributed by atoms with Crippen LogP contribution in [0.25, 0.3) is 0 Å². The minimum Gasteiger partial charge on any atom is -0.449 e. The molecule has 15 heavy (non-hydrogen) atoms. The van der Waals surface area contributed by atoms with Crippen LogP contribution in [0.1, 0.15) is 18.9 Å². The molecule has 0 radical (unpaired) electrons. The molecule has 1 rings (SSSR count). The maximum atomic E-state index is 11.3. The van der Waals surface area contributed by atoms with E-state index in [-0.39, 0.29) is 0 Å². The van der Waals surface area contributed by atoms with Crippen LogP contribution in [0, 0.1) is 6.92 Å². The summed E-state index contributed by atoms with van der Waals surface area (Å²) in [5.41, 5.74) is 1.64. The molecular weight excluding hydrogens is 214 g/mol. The monoisotopic (exact) mass is 227 g/mol. The zero-order valence-corrected chi connectivity index (χ0v) is 9.60. The molecule has 0 aliphatic rings. The number of ether oxygens (including phenoxy) is 1. The Morgan fingerprint density at radius 3 is 2.93 bits per heavy atom. The average Bonchev–Trinajstić information content (AvgIpc) is 2.20. The molecule has 0 fully saturated rings. The van der Waals surface area contributed by atoms with Gasteiger partial charge in [0.05, 0.1) is 6.61 Å². The predicted molar refractivity (Wildman–Crippen MR) is 61.5 cm³/mol. The Morgan fingerprint density at radius 2 is 2.27 bits per heavy atom. The molecule has 1 N–H and O–H groups in total. The second kappa shape index (κ2) is 5.61. The number of carbonyl (C=O) groups is 1. The van der Waals surface area contributed by atoms with E-state index in [1.165, 1.54) is 0 Å². The summed E-state index contributed by atoms with van der Waals surface area (Å²) in [5.74, 6) is 0. The molecule has 4 heteroatoms. The Morgan fingerprint density at radius 1 is 1.53 bits per heavy atom. The molecule has 1 aromatic rings. The first-order valence-electron chi connectivity index (χ1n) is 4.83. The van der Waals surface area contributed by atoms with Gasteiger partial charge in [-0.1, -0.05) is 24.6 Å². The van der Waals surface area contributed by atoms with Crippen molar-refractivity contribution < 1.29 is 9.53 Å². The lowest BCUT2D eigenvalue weighted by atomic mass is 10.2. The first-order valence-corrected chi connectivity index (χ1v) is 5.21. The molecule has 1 aromatic carbocycles. The number of benzene rings is 1. The normalized spacial score (nSPS) is 9.80. The van der Waals surface area contributed by atoms with Crippen LogP contribution in [0.15, 0.2) is 18.2 Å². The van der Waals surface area contributed by atoms with E-state index >= 15 is 0 Å². The van der Waals surface area contributed by atoms with Gasteiger partial charge in [-0.2, -0.15) is 0 Å². The molecule has 0 aliphatic heterocycles. The number of aryl methyl sites for hydroxylation is 1. The van der Waals surface area contributed by atoms with Crippen LogP contribution < -0.4 is 5.32 Å². The molecule has 0 saturated carbocycles. The number of amides is 1. The lowest BCUT2D eigenvalue weighted by Gasteiger charge is -2.08. The predicted octanol–water partition coefficient (Wildman–Crippen LogP) is 3.61. The molecule has 3 nitrogen and oxygen atoms in total. The zero-order valence-electron chi connectivity index (χ0n) is 8.84. The Hall–Kier alpha value is -1.22. The van der Waals surface area contributed by atoms with Crippen LogP contribution in [-0.2, 0) is 4.74 Å². The van der Waals surface area contributed by atoms with Crippen molar-refractivity contribution in [3.8, 4) is 0 Å². The molecule has 0 atom stereocenters. The van der Waals surface area contributed by atoms with Gasteiger partial charge in [-0.05, 0) is 31.0 Å². The third-order valence-electron chi connectivity index (χ3n) is 1.87. The van der Waals surface area contributed by atoms with Gasteiger partial charge < -0.3 is 4.74 Å². The molecule has 82 valence electrons. The zero-order chi connectivity index (χ0) is 11.3. The second-order valence-corrected chi connectivity index (χ2v) is 3.66. The summed E-state index contributed by atoms with van der Waals surface area (Å²) in [6, 6.07) is 5.32. The number of rotatable bonds is 3. The SMILES string of the molecule is CCCOC(=O)Nc1cc(Cl)ccc1C. The van der Waals surface area contributed by atoms with E-state index in [2.05, 4.69) is 5.32 Å². The summed E-state index contributed by atoms with van der Waals surface area (Å²) in [4.78, 5) is 11.3. The Labute approximate surface area is 94.4 Å². The maximum absolute atomic E-state index is 11.3. The molecule has 0 unspecified atom stereocenters. The number of hydrogen-bond donors (Lipinski definition) is 1. The lowest BCUT2D eigenvalue weighted by molar-refractivity contribution is 0.161. The first kappa shape index (κ1) is 11.9. The van der Waals surface area contributed by atoms with Crippen LogP contribution >= 0.6 is 11.6 Å². The van der Waals surface area contributed by atoms with Gasteiger partial charge >= 0.3 is 6.09 Å². The minimum atomic E-state index is -0.442. The number of halogens is 1. The van der Waals surface area contributed by atoms with Crippen molar-refractivity contribution in [2.45, 2.75) is 20.3 Å². The molecule has 0 bridgehead atoms. The van der Waals surface area contributed by atoms with E-state index in [9.17, 15) is 4.79 Å². The van der Waals surface area contributed by atoms with E-state index in [1.807, 2.05) is 19.9 Å². The van der Waals surface area contributed by atoms with Gasteiger partial charge in [-0.15, -0.1) is 0 Å². The van der Waals surface area contributed by atoms with Gasteiger partial charge in [-0.25, -0.2) is 4.79 Å². The highest BCUT2D eigenvalue weighted by Gasteiger charge is 2.05. The maximum Gasteiger partial charge on any atom is 0.411 e. The van der Waals surface area contributed by atoms with E-state index in [1.54, 1.807) is 12.1 Å². The molecule has 0 saturated heterocycles. The van der Waals surface area contributed by atoms with Crippen LogP contribution in [0.3, 0.4) is 0 Å². The summed E-state index contributed by atoms with van der Waals surface area (Å²) in [6.07, 6.45) is 0.365. The van der Waals surface area contributed by atoms with Crippen molar-refractivity contribution in [3.63, 3.8) is 0 Å². The molecular formula is C11H14ClNO2. The van der Waals surface area contributed by atoms with Gasteiger partial charge in [-0.3, -0.25) is 5.32 Å². The van der Waals surface area contributed by atoms with Gasteiger partial charge in [0.15, 0.2) is 0 Å². The summed E-state index contributed by atoms with van der Waals surface area (Å²) in [7, 11) is 0. The largest absolute Gasteiger partial charge is 0.449 e. The molecule has 0 heterocycles. The topological polar surface area (TPSA) is 38.3 Å². The highest BCUT2D eigenvalue weighted by molar-refractivity contribution is 6.30. The lowest BCUT2D eigenvalue weighted by Crippen LogP contribution is -2.14. The smallest absolute Gasteiger partial charge is 0.411 e. The van der Waals surface area contributed by atoms with Crippen LogP contribution in [0.4, 0.5) is 10.5 Å². The quantitative estimate of drug-likeness (QED) is 0.857. The van der Waals surface area contributed by atoms with Gasteiger partial charge in [0.1, 0.15) is 0 Å². The minimum absolute atomic E-state index is 0.422. The van der Waals surface area contributed by atoms with Crippen molar-refractivity contribution in [3.05, 3.63) is 28.8 Å². The number of anilines is 1. The van der Waals surface area contributed by atoms with Crippen molar-refractivity contribution in [2.75, 3.05) is 11.9 Å². The van der Waals surface area contributed by atoms with Gasteiger partial charge in [0, 0.05) is 10.7 Å². The summed E-state index contributed by atoms with van der Waals surface area (Å²) >= 11 is 5.81. The highest BCUT2D eigenvalue weighted by Crippen LogP contribution is 2.20. The fourth-order valence-electron chi connectivity index (χ4n) is 1.07. The number of hydrogen-bond acceptors (Lipinski definition) is 2. The third kappa shape index (κ3) is 3.80. The van der Waals surface area contributed by atoms with Crippen molar-refractivity contribution >= 4 is 23.4 Å². The number of nitrogens with one attached hydrogen (secondary N) is 1. The standard InChI is InChI=1S/C11H14ClNO2/c1-3-6-15-11(14)13-10-7-9(12)5-4-8(10)2/h4-5,7H,3,6H2,1-2H3,(H,13,14). The Kier molecular flexibility index (Phi) is 4.43. The molecule has 0 aromatic heterocycles. The summed E-state index contributed by atoms with van der Waals surface area (Å²) < 4.78 is 4.90. The fourth-order valence-corrected chi connectivity index (χ4v) is 1.24.